The number of hydrogen-bond donors (Lipinski definition) is 1. The van der Waals surface area contributed by atoms with Crippen LogP contribution in [0.4, 0.5) is 5.69 Å². The third-order valence-electron chi connectivity index (χ3n) is 4.13. The maximum absolute atomic E-state index is 6.49. The zero-order valence-corrected chi connectivity index (χ0v) is 15.4. The number of hydrogen-bond acceptors (Lipinski definition) is 2. The lowest BCUT2D eigenvalue weighted by Crippen LogP contribution is -2.40. The van der Waals surface area contributed by atoms with Crippen LogP contribution in [0.3, 0.4) is 0 Å². The van der Waals surface area contributed by atoms with E-state index < -0.39 is 0 Å². The third-order valence-corrected chi connectivity index (χ3v) is 4.43. The maximum Gasteiger partial charge on any atom is 0.0642 e. The van der Waals surface area contributed by atoms with Crippen LogP contribution in [0, 0.1) is 11.3 Å². The highest BCUT2D eigenvalue weighted by Gasteiger charge is 2.26. The summed E-state index contributed by atoms with van der Waals surface area (Å²) >= 11 is 6.49. The molecule has 1 atom stereocenters. The molecule has 1 unspecified atom stereocenters. The van der Waals surface area contributed by atoms with Crippen LogP contribution in [0.15, 0.2) is 18.2 Å². The van der Waals surface area contributed by atoms with Crippen molar-refractivity contribution in [1.29, 1.82) is 0 Å². The Morgan fingerprint density at radius 1 is 1.19 bits per heavy atom. The Morgan fingerprint density at radius 2 is 1.81 bits per heavy atom. The lowest BCUT2D eigenvalue weighted by molar-refractivity contribution is 0.329. The minimum atomic E-state index is 0.205. The molecule has 1 N–H and O–H groups in total. The molecule has 0 aliphatic rings. The van der Waals surface area contributed by atoms with Gasteiger partial charge >= 0.3 is 0 Å². The van der Waals surface area contributed by atoms with Crippen LogP contribution in [0.1, 0.15) is 47.1 Å². The molecular formula is C18H31ClN2. The van der Waals surface area contributed by atoms with Crippen LogP contribution >= 0.6 is 11.6 Å². The molecule has 2 nitrogen and oxygen atoms in total. The van der Waals surface area contributed by atoms with Gasteiger partial charge in [-0.05, 0) is 36.4 Å². The van der Waals surface area contributed by atoms with Gasteiger partial charge in [0.25, 0.3) is 0 Å². The number of anilines is 1. The fourth-order valence-electron chi connectivity index (χ4n) is 2.37. The molecule has 1 aromatic carbocycles. The standard InChI is InChI=1S/C18H31ClN2/c1-13(2)11-20-12-15-9-8-10-16(19)17(15)21(7)14(3)18(4,5)6/h8-10,13-14,20H,11-12H2,1-7H3. The third kappa shape index (κ3) is 5.19. The number of rotatable bonds is 6. The lowest BCUT2D eigenvalue weighted by Gasteiger charge is -2.38. The monoisotopic (exact) mass is 310 g/mol. The van der Waals surface area contributed by atoms with E-state index in [1.165, 1.54) is 5.56 Å². The second kappa shape index (κ2) is 7.51. The van der Waals surface area contributed by atoms with Crippen LogP contribution in [0.2, 0.25) is 5.02 Å². The summed E-state index contributed by atoms with van der Waals surface area (Å²) in [5, 5.41) is 4.35. The van der Waals surface area contributed by atoms with E-state index in [4.69, 9.17) is 11.6 Å². The fourth-order valence-corrected chi connectivity index (χ4v) is 2.70. The highest BCUT2D eigenvalue weighted by molar-refractivity contribution is 6.33. The summed E-state index contributed by atoms with van der Waals surface area (Å²) in [7, 11) is 2.14. The number of para-hydroxylation sites is 1. The Kier molecular flexibility index (Phi) is 6.55. The molecule has 0 bridgehead atoms. The van der Waals surface area contributed by atoms with Gasteiger partial charge in [0.2, 0.25) is 0 Å². The minimum Gasteiger partial charge on any atom is -0.370 e. The molecule has 0 saturated carbocycles. The maximum atomic E-state index is 6.49. The molecular weight excluding hydrogens is 280 g/mol. The van der Waals surface area contributed by atoms with Crippen molar-refractivity contribution < 1.29 is 0 Å². The second-order valence-corrected chi connectivity index (χ2v) is 7.83. The van der Waals surface area contributed by atoms with Crippen molar-refractivity contribution in [2.24, 2.45) is 11.3 Å². The first kappa shape index (κ1) is 18.3. The Bertz CT molecular complexity index is 449. The Hall–Kier alpha value is -0.730. The number of benzene rings is 1. The highest BCUT2D eigenvalue weighted by atomic mass is 35.5. The molecule has 0 spiro atoms. The zero-order valence-electron chi connectivity index (χ0n) is 14.6. The van der Waals surface area contributed by atoms with Crippen molar-refractivity contribution >= 4 is 17.3 Å². The summed E-state index contributed by atoms with van der Waals surface area (Å²) in [5.41, 5.74) is 2.62. The van der Waals surface area contributed by atoms with Crippen molar-refractivity contribution in [3.8, 4) is 0 Å². The van der Waals surface area contributed by atoms with E-state index in [2.05, 4.69) is 64.9 Å². The molecule has 21 heavy (non-hydrogen) atoms. The predicted octanol–water partition coefficient (Wildman–Crippen LogP) is 4.96. The average Bonchev–Trinajstić information content (AvgIpc) is 2.35. The van der Waals surface area contributed by atoms with E-state index >= 15 is 0 Å². The van der Waals surface area contributed by atoms with E-state index in [0.717, 1.165) is 23.8 Å². The molecule has 0 radical (unpaired) electrons. The van der Waals surface area contributed by atoms with Gasteiger partial charge in [0, 0.05) is 19.6 Å². The molecule has 3 heteroatoms. The summed E-state index contributed by atoms with van der Waals surface area (Å²) < 4.78 is 0. The summed E-state index contributed by atoms with van der Waals surface area (Å²) in [6.07, 6.45) is 0. The predicted molar refractivity (Wildman–Crippen MR) is 95.3 cm³/mol. The highest BCUT2D eigenvalue weighted by Crippen LogP contribution is 2.34. The van der Waals surface area contributed by atoms with Gasteiger partial charge < -0.3 is 10.2 Å². The van der Waals surface area contributed by atoms with Gasteiger partial charge in [0.05, 0.1) is 10.7 Å². The first-order chi connectivity index (χ1) is 9.64. The Balaban J connectivity index is 2.99. The summed E-state index contributed by atoms with van der Waals surface area (Å²) in [6, 6.07) is 6.59. The normalized spacial score (nSPS) is 13.6. The van der Waals surface area contributed by atoms with Crippen LogP contribution < -0.4 is 10.2 Å². The Labute approximate surface area is 135 Å². The van der Waals surface area contributed by atoms with Gasteiger partial charge in [0.15, 0.2) is 0 Å². The lowest BCUT2D eigenvalue weighted by atomic mass is 9.86. The van der Waals surface area contributed by atoms with E-state index in [0.29, 0.717) is 12.0 Å². The van der Waals surface area contributed by atoms with Crippen LogP contribution in [0.25, 0.3) is 0 Å². The van der Waals surface area contributed by atoms with Crippen LogP contribution in [0.5, 0.6) is 0 Å². The average molecular weight is 311 g/mol. The Morgan fingerprint density at radius 3 is 2.33 bits per heavy atom. The van der Waals surface area contributed by atoms with Gasteiger partial charge in [0.1, 0.15) is 0 Å². The molecule has 0 aromatic heterocycles. The van der Waals surface area contributed by atoms with Gasteiger partial charge in [-0.15, -0.1) is 0 Å². The van der Waals surface area contributed by atoms with Crippen molar-refractivity contribution in [1.82, 2.24) is 5.32 Å². The fraction of sp³-hybridized carbons (Fsp3) is 0.667. The van der Waals surface area contributed by atoms with Gasteiger partial charge in [-0.1, -0.05) is 58.4 Å². The quantitative estimate of drug-likeness (QED) is 0.799. The number of halogens is 1. The smallest absolute Gasteiger partial charge is 0.0642 e. The first-order valence-electron chi connectivity index (χ1n) is 7.85. The molecule has 120 valence electrons. The molecule has 0 amide bonds. The minimum absolute atomic E-state index is 0.205. The van der Waals surface area contributed by atoms with E-state index in [1.807, 2.05) is 12.1 Å². The molecule has 0 saturated heterocycles. The summed E-state index contributed by atoms with van der Waals surface area (Å²) in [4.78, 5) is 2.31. The number of nitrogens with one attached hydrogen (secondary N) is 1. The second-order valence-electron chi connectivity index (χ2n) is 7.43. The zero-order chi connectivity index (χ0) is 16.2. The topological polar surface area (TPSA) is 15.3 Å². The van der Waals surface area contributed by atoms with E-state index in [9.17, 15) is 0 Å². The summed E-state index contributed by atoms with van der Waals surface area (Å²) in [5.74, 6) is 0.652. The molecule has 1 aromatic rings. The van der Waals surface area contributed by atoms with E-state index in [1.54, 1.807) is 0 Å². The SMILES string of the molecule is CC(C)CNCc1cccc(Cl)c1N(C)C(C)C(C)(C)C. The van der Waals surface area contributed by atoms with Gasteiger partial charge in [-0.2, -0.15) is 0 Å². The summed E-state index contributed by atoms with van der Waals surface area (Å²) in [6.45, 7) is 15.4. The molecule has 0 heterocycles. The van der Waals surface area contributed by atoms with Crippen LogP contribution in [-0.4, -0.2) is 19.6 Å². The van der Waals surface area contributed by atoms with Crippen molar-refractivity contribution in [2.75, 3.05) is 18.5 Å². The first-order valence-corrected chi connectivity index (χ1v) is 8.23. The number of nitrogens with zero attached hydrogens (tertiary/aromatic N) is 1. The van der Waals surface area contributed by atoms with Crippen molar-refractivity contribution in [3.05, 3.63) is 28.8 Å². The molecule has 0 fully saturated rings. The van der Waals surface area contributed by atoms with Crippen molar-refractivity contribution in [3.63, 3.8) is 0 Å². The van der Waals surface area contributed by atoms with Gasteiger partial charge in [-0.3, -0.25) is 0 Å². The molecule has 0 aliphatic heterocycles. The van der Waals surface area contributed by atoms with E-state index in [-0.39, 0.29) is 5.41 Å². The molecule has 0 aliphatic carbocycles. The van der Waals surface area contributed by atoms with Crippen molar-refractivity contribution in [2.45, 2.75) is 54.1 Å². The molecule has 1 rings (SSSR count). The largest absolute Gasteiger partial charge is 0.370 e. The van der Waals surface area contributed by atoms with Crippen LogP contribution in [-0.2, 0) is 6.54 Å². The van der Waals surface area contributed by atoms with Gasteiger partial charge in [-0.25, -0.2) is 0 Å².